The zero-order valence-electron chi connectivity index (χ0n) is 16.8. The number of amides is 1. The Morgan fingerprint density at radius 2 is 1.75 bits per heavy atom. The van der Waals surface area contributed by atoms with E-state index in [9.17, 15) is 9.59 Å². The molecule has 28 heavy (non-hydrogen) atoms. The van der Waals surface area contributed by atoms with Gasteiger partial charge in [0.05, 0.1) is 19.3 Å². The normalized spacial score (nSPS) is 11.4. The van der Waals surface area contributed by atoms with E-state index in [-0.39, 0.29) is 11.5 Å². The topological polar surface area (TPSA) is 65.1 Å². The summed E-state index contributed by atoms with van der Waals surface area (Å²) in [5.41, 5.74) is 0.896. The quantitative estimate of drug-likeness (QED) is 0.484. The number of ether oxygens (including phenoxy) is 3. The summed E-state index contributed by atoms with van der Waals surface area (Å²) in [4.78, 5) is 26.6. The summed E-state index contributed by atoms with van der Waals surface area (Å²) in [6.45, 7) is 2.65. The van der Waals surface area contributed by atoms with E-state index in [1.807, 2.05) is 6.07 Å². The second-order valence-corrected chi connectivity index (χ2v) is 6.50. The van der Waals surface area contributed by atoms with Crippen molar-refractivity contribution in [3.8, 4) is 11.5 Å². The van der Waals surface area contributed by atoms with Gasteiger partial charge in [-0.3, -0.25) is 4.79 Å². The molecular weight excluding hydrogens is 358 g/mol. The Labute approximate surface area is 166 Å². The minimum Gasteiger partial charge on any atom is -0.493 e. The van der Waals surface area contributed by atoms with Crippen LogP contribution in [0.5, 0.6) is 11.5 Å². The number of rotatable bonds is 9. The van der Waals surface area contributed by atoms with Gasteiger partial charge in [-0.2, -0.15) is 0 Å². The van der Waals surface area contributed by atoms with Crippen molar-refractivity contribution >= 4 is 11.9 Å². The van der Waals surface area contributed by atoms with Crippen LogP contribution in [0.3, 0.4) is 0 Å². The van der Waals surface area contributed by atoms with Crippen molar-refractivity contribution in [3.05, 3.63) is 59.7 Å². The number of carbonyl (C=O) groups is 2. The van der Waals surface area contributed by atoms with Crippen LogP contribution in [-0.4, -0.2) is 44.6 Å². The second kappa shape index (κ2) is 10.3. The van der Waals surface area contributed by atoms with Gasteiger partial charge in [0.1, 0.15) is 0 Å². The van der Waals surface area contributed by atoms with E-state index in [0.717, 1.165) is 12.8 Å². The number of unbranched alkanes of at least 4 members (excludes halogenated alkanes) is 1. The molecule has 0 aliphatic rings. The van der Waals surface area contributed by atoms with E-state index in [2.05, 4.69) is 6.92 Å². The molecule has 0 saturated heterocycles. The fraction of sp³-hybridized carbons (Fsp3) is 0.364. The third-order valence-electron chi connectivity index (χ3n) is 4.15. The Kier molecular flexibility index (Phi) is 7.87. The van der Waals surface area contributed by atoms with Crippen LogP contribution in [-0.2, 0) is 9.53 Å². The fourth-order valence-corrected chi connectivity index (χ4v) is 2.54. The van der Waals surface area contributed by atoms with Gasteiger partial charge in [0.25, 0.3) is 5.91 Å². The highest BCUT2D eigenvalue weighted by molar-refractivity contribution is 5.93. The van der Waals surface area contributed by atoms with Crippen molar-refractivity contribution in [1.82, 2.24) is 4.90 Å². The number of hydrogen-bond acceptors (Lipinski definition) is 5. The number of benzene rings is 2. The summed E-state index contributed by atoms with van der Waals surface area (Å²) in [5.74, 6) is 0.0886. The van der Waals surface area contributed by atoms with Gasteiger partial charge in [0.2, 0.25) is 6.10 Å². The molecule has 0 fully saturated rings. The van der Waals surface area contributed by atoms with Crippen molar-refractivity contribution in [2.45, 2.75) is 25.9 Å². The SMILES string of the molecule is CCCCOc1ccc(C(=O)OC(C(=O)N(C)C)c2ccccc2)cc1OC. The highest BCUT2D eigenvalue weighted by Crippen LogP contribution is 2.29. The van der Waals surface area contributed by atoms with Gasteiger partial charge in [0, 0.05) is 19.7 Å². The van der Waals surface area contributed by atoms with Crippen LogP contribution in [0.1, 0.15) is 41.8 Å². The number of likely N-dealkylation sites (N-methyl/N-ethyl adjacent to an activating group) is 1. The number of nitrogens with zero attached hydrogens (tertiary/aromatic N) is 1. The number of carbonyl (C=O) groups excluding carboxylic acids is 2. The van der Waals surface area contributed by atoms with Gasteiger partial charge in [-0.15, -0.1) is 0 Å². The first kappa shape index (κ1) is 21.3. The summed E-state index contributed by atoms with van der Waals surface area (Å²) in [6, 6.07) is 13.8. The van der Waals surface area contributed by atoms with Crippen LogP contribution < -0.4 is 9.47 Å². The minimum absolute atomic E-state index is 0.284. The Morgan fingerprint density at radius 3 is 2.36 bits per heavy atom. The Morgan fingerprint density at radius 1 is 1.04 bits per heavy atom. The first-order valence-electron chi connectivity index (χ1n) is 9.25. The predicted molar refractivity (Wildman–Crippen MR) is 107 cm³/mol. The third kappa shape index (κ3) is 5.49. The van der Waals surface area contributed by atoms with Crippen LogP contribution in [0.15, 0.2) is 48.5 Å². The number of esters is 1. The lowest BCUT2D eigenvalue weighted by Gasteiger charge is -2.21. The molecule has 0 aliphatic heterocycles. The van der Waals surface area contributed by atoms with Gasteiger partial charge in [-0.1, -0.05) is 43.7 Å². The first-order valence-corrected chi connectivity index (χ1v) is 9.25. The van der Waals surface area contributed by atoms with E-state index >= 15 is 0 Å². The van der Waals surface area contributed by atoms with E-state index in [0.29, 0.717) is 23.7 Å². The Balaban J connectivity index is 2.22. The van der Waals surface area contributed by atoms with E-state index in [1.54, 1.807) is 56.6 Å². The highest BCUT2D eigenvalue weighted by Gasteiger charge is 2.27. The molecule has 150 valence electrons. The maximum atomic E-state index is 12.7. The molecule has 1 atom stereocenters. The van der Waals surface area contributed by atoms with Crippen molar-refractivity contribution in [1.29, 1.82) is 0 Å². The van der Waals surface area contributed by atoms with Crippen molar-refractivity contribution in [2.75, 3.05) is 27.8 Å². The lowest BCUT2D eigenvalue weighted by Crippen LogP contribution is -2.31. The molecule has 0 aliphatic carbocycles. The van der Waals surface area contributed by atoms with Crippen LogP contribution >= 0.6 is 0 Å². The van der Waals surface area contributed by atoms with Gasteiger partial charge in [-0.05, 0) is 24.6 Å². The zero-order valence-corrected chi connectivity index (χ0v) is 16.8. The average molecular weight is 385 g/mol. The lowest BCUT2D eigenvalue weighted by atomic mass is 10.1. The molecule has 1 amide bonds. The van der Waals surface area contributed by atoms with Gasteiger partial charge in [0.15, 0.2) is 11.5 Å². The molecule has 6 heteroatoms. The monoisotopic (exact) mass is 385 g/mol. The first-order chi connectivity index (χ1) is 13.5. The van der Waals surface area contributed by atoms with Crippen LogP contribution in [0.2, 0.25) is 0 Å². The molecular formula is C22H27NO5. The predicted octanol–water partition coefficient (Wildman–Crippen LogP) is 3.86. The summed E-state index contributed by atoms with van der Waals surface area (Å²) < 4.78 is 16.6. The van der Waals surface area contributed by atoms with Gasteiger partial charge >= 0.3 is 5.97 Å². The number of hydrogen-bond donors (Lipinski definition) is 0. The summed E-state index contributed by atoms with van der Waals surface area (Å²) >= 11 is 0. The second-order valence-electron chi connectivity index (χ2n) is 6.50. The summed E-state index contributed by atoms with van der Waals surface area (Å²) in [5, 5.41) is 0. The van der Waals surface area contributed by atoms with E-state index < -0.39 is 12.1 Å². The van der Waals surface area contributed by atoms with Crippen LogP contribution in [0.25, 0.3) is 0 Å². The van der Waals surface area contributed by atoms with Crippen LogP contribution in [0.4, 0.5) is 0 Å². The maximum absolute atomic E-state index is 12.7. The third-order valence-corrected chi connectivity index (χ3v) is 4.15. The molecule has 0 saturated carbocycles. The lowest BCUT2D eigenvalue weighted by molar-refractivity contribution is -0.138. The molecule has 0 spiro atoms. The molecule has 2 rings (SSSR count). The molecule has 1 unspecified atom stereocenters. The molecule has 0 aromatic heterocycles. The average Bonchev–Trinajstić information content (AvgIpc) is 2.72. The Hall–Kier alpha value is -3.02. The molecule has 0 heterocycles. The molecule has 2 aromatic rings. The molecule has 0 radical (unpaired) electrons. The fourth-order valence-electron chi connectivity index (χ4n) is 2.54. The maximum Gasteiger partial charge on any atom is 0.339 e. The zero-order chi connectivity index (χ0) is 20.5. The van der Waals surface area contributed by atoms with Gasteiger partial charge < -0.3 is 19.1 Å². The van der Waals surface area contributed by atoms with Crippen LogP contribution in [0, 0.1) is 0 Å². The van der Waals surface area contributed by atoms with E-state index in [1.165, 1.54) is 12.0 Å². The summed E-state index contributed by atoms with van der Waals surface area (Å²) in [7, 11) is 4.76. The van der Waals surface area contributed by atoms with Crippen molar-refractivity contribution in [2.24, 2.45) is 0 Å². The number of methoxy groups -OCH3 is 1. The summed E-state index contributed by atoms with van der Waals surface area (Å²) in [6.07, 6.45) is 0.932. The Bertz CT molecular complexity index is 789. The smallest absolute Gasteiger partial charge is 0.339 e. The molecule has 0 N–H and O–H groups in total. The standard InChI is InChI=1S/C22H27NO5/c1-5-6-14-27-18-13-12-17(15-19(18)26-4)22(25)28-20(21(24)23(2)3)16-10-8-7-9-11-16/h7-13,15,20H,5-6,14H2,1-4H3. The minimum atomic E-state index is -1.02. The molecule has 0 bridgehead atoms. The van der Waals surface area contributed by atoms with Gasteiger partial charge in [-0.25, -0.2) is 4.79 Å². The highest BCUT2D eigenvalue weighted by atomic mass is 16.5. The van der Waals surface area contributed by atoms with Crippen molar-refractivity contribution < 1.29 is 23.8 Å². The molecule has 2 aromatic carbocycles. The van der Waals surface area contributed by atoms with E-state index in [4.69, 9.17) is 14.2 Å². The van der Waals surface area contributed by atoms with Crippen molar-refractivity contribution in [3.63, 3.8) is 0 Å². The molecule has 6 nitrogen and oxygen atoms in total. The largest absolute Gasteiger partial charge is 0.493 e.